The maximum atomic E-state index is 12.6. The molecule has 14 heteroatoms. The standard InChI is InChI=1S/C26H26O14/c27-12-15-23(39-21(33)7-3-13-1-5-16(28)18(30)9-13)26(38,20(32)11-25(15,37)24(35)36)40-22(34)8-4-14-2-6-17(29)19(31)10-14/h1-10,15,20,23,27-32,37-38H,11-12H2,(H,35,36)/b7-3+,8-4+/t15-,20-,23-,25-,26+/m1/s1. The maximum absolute atomic E-state index is 12.6. The summed E-state index contributed by atoms with van der Waals surface area (Å²) in [7, 11) is 0. The zero-order valence-corrected chi connectivity index (χ0v) is 20.5. The smallest absolute Gasteiger partial charge is 0.336 e. The van der Waals surface area contributed by atoms with Gasteiger partial charge in [0.05, 0.1) is 12.5 Å². The number of aliphatic hydroxyl groups is 4. The number of phenolic OH excluding ortho intramolecular Hbond substituents is 4. The number of ether oxygens (including phenoxy) is 2. The highest BCUT2D eigenvalue weighted by molar-refractivity contribution is 5.89. The Labute approximate surface area is 225 Å². The van der Waals surface area contributed by atoms with Crippen molar-refractivity contribution in [3.05, 3.63) is 59.7 Å². The minimum atomic E-state index is -3.16. The van der Waals surface area contributed by atoms with E-state index in [0.29, 0.717) is 0 Å². The Kier molecular flexibility index (Phi) is 8.70. The molecule has 2 aromatic rings. The van der Waals surface area contributed by atoms with Crippen LogP contribution in [-0.4, -0.2) is 94.1 Å². The van der Waals surface area contributed by atoms with Gasteiger partial charge in [0.25, 0.3) is 5.79 Å². The van der Waals surface area contributed by atoms with Gasteiger partial charge in [-0.25, -0.2) is 14.4 Å². The van der Waals surface area contributed by atoms with Crippen molar-refractivity contribution in [2.24, 2.45) is 5.92 Å². The SMILES string of the molecule is O=C(/C=C/c1ccc(O)c(O)c1)O[C@@H]1[C@@H](CO)[C@@](O)(C(=O)O)C[C@@H](O)[C@]1(O)OC(=O)/C=C/c1ccc(O)c(O)c1. The molecule has 40 heavy (non-hydrogen) atoms. The van der Waals surface area contributed by atoms with E-state index in [4.69, 9.17) is 9.47 Å². The van der Waals surface area contributed by atoms with E-state index < -0.39 is 83.4 Å². The molecule has 0 heterocycles. The van der Waals surface area contributed by atoms with Crippen LogP contribution >= 0.6 is 0 Å². The average Bonchev–Trinajstić information content (AvgIpc) is 2.89. The van der Waals surface area contributed by atoms with Crippen LogP contribution in [0, 0.1) is 5.92 Å². The van der Waals surface area contributed by atoms with Crippen molar-refractivity contribution in [3.63, 3.8) is 0 Å². The van der Waals surface area contributed by atoms with Gasteiger partial charge >= 0.3 is 17.9 Å². The van der Waals surface area contributed by atoms with E-state index in [0.717, 1.165) is 48.6 Å². The molecule has 0 aromatic heterocycles. The fourth-order valence-corrected chi connectivity index (χ4v) is 4.08. The van der Waals surface area contributed by atoms with Gasteiger partial charge in [0.1, 0.15) is 6.10 Å². The number of esters is 2. The highest BCUT2D eigenvalue weighted by atomic mass is 16.7. The number of carbonyl (C=O) groups excluding carboxylic acids is 2. The van der Waals surface area contributed by atoms with Gasteiger partial charge in [0.2, 0.25) is 0 Å². The number of carbonyl (C=O) groups is 3. The first-order valence-corrected chi connectivity index (χ1v) is 11.5. The summed E-state index contributed by atoms with van der Waals surface area (Å²) in [4.78, 5) is 37.0. The Hall–Kier alpha value is -4.63. The topological polar surface area (TPSA) is 252 Å². The summed E-state index contributed by atoms with van der Waals surface area (Å²) in [6.07, 6.45) is -2.11. The molecule has 5 atom stereocenters. The van der Waals surface area contributed by atoms with E-state index >= 15 is 0 Å². The van der Waals surface area contributed by atoms with Crippen molar-refractivity contribution >= 4 is 30.1 Å². The average molecular weight is 562 g/mol. The fraction of sp³-hybridized carbons (Fsp3) is 0.269. The van der Waals surface area contributed by atoms with Gasteiger partial charge < -0.3 is 55.4 Å². The van der Waals surface area contributed by atoms with Gasteiger partial charge in [-0.2, -0.15) is 0 Å². The fourth-order valence-electron chi connectivity index (χ4n) is 4.08. The summed E-state index contributed by atoms with van der Waals surface area (Å²) in [6, 6.07) is 7.03. The summed E-state index contributed by atoms with van der Waals surface area (Å²) in [5.74, 6) is -11.6. The normalized spacial score (nSPS) is 26.6. The monoisotopic (exact) mass is 562 g/mol. The van der Waals surface area contributed by atoms with E-state index in [-0.39, 0.29) is 11.1 Å². The second-order valence-corrected chi connectivity index (χ2v) is 8.93. The Morgan fingerprint density at radius 2 is 1.35 bits per heavy atom. The summed E-state index contributed by atoms with van der Waals surface area (Å²) >= 11 is 0. The molecule has 0 aliphatic heterocycles. The van der Waals surface area contributed by atoms with Crippen molar-refractivity contribution in [3.8, 4) is 23.0 Å². The van der Waals surface area contributed by atoms with Gasteiger partial charge in [-0.1, -0.05) is 12.1 Å². The number of carboxylic acids is 1. The third-order valence-corrected chi connectivity index (χ3v) is 6.27. The molecule has 0 bridgehead atoms. The lowest BCUT2D eigenvalue weighted by molar-refractivity contribution is -0.332. The molecule has 1 saturated carbocycles. The second-order valence-electron chi connectivity index (χ2n) is 8.93. The first-order chi connectivity index (χ1) is 18.7. The molecule has 0 saturated heterocycles. The molecular formula is C26H26O14. The second kappa shape index (κ2) is 11.6. The number of benzene rings is 2. The van der Waals surface area contributed by atoms with Gasteiger partial charge in [0.15, 0.2) is 34.7 Å². The molecule has 2 aromatic carbocycles. The van der Waals surface area contributed by atoms with Gasteiger partial charge in [-0.05, 0) is 47.5 Å². The largest absolute Gasteiger partial charge is 0.504 e. The number of aromatic hydroxyl groups is 4. The van der Waals surface area contributed by atoms with E-state index in [9.17, 15) is 60.3 Å². The van der Waals surface area contributed by atoms with Crippen LogP contribution in [0.4, 0.5) is 0 Å². The van der Waals surface area contributed by atoms with Crippen LogP contribution in [0.3, 0.4) is 0 Å². The predicted octanol–water partition coefficient (Wildman–Crippen LogP) is -0.432. The molecule has 0 spiro atoms. The van der Waals surface area contributed by atoms with Crippen LogP contribution in [0.2, 0.25) is 0 Å². The summed E-state index contributed by atoms with van der Waals surface area (Å²) < 4.78 is 10.1. The molecular weight excluding hydrogens is 536 g/mol. The summed E-state index contributed by atoms with van der Waals surface area (Å²) in [5.41, 5.74) is -2.53. The number of carboxylic acid groups (broad SMARTS) is 1. The van der Waals surface area contributed by atoms with Crippen LogP contribution in [0.1, 0.15) is 17.5 Å². The van der Waals surface area contributed by atoms with E-state index in [1.165, 1.54) is 12.1 Å². The first kappa shape index (κ1) is 29.9. The highest BCUT2D eigenvalue weighted by Gasteiger charge is 2.66. The number of aliphatic carboxylic acids is 1. The van der Waals surface area contributed by atoms with Crippen molar-refractivity contribution in [1.29, 1.82) is 0 Å². The maximum Gasteiger partial charge on any atom is 0.336 e. The number of hydrogen-bond acceptors (Lipinski definition) is 13. The number of rotatable bonds is 8. The highest BCUT2D eigenvalue weighted by Crippen LogP contribution is 2.43. The van der Waals surface area contributed by atoms with Crippen LogP contribution in [0.5, 0.6) is 23.0 Å². The van der Waals surface area contributed by atoms with Gasteiger partial charge in [-0.15, -0.1) is 0 Å². The summed E-state index contributed by atoms with van der Waals surface area (Å²) in [6.45, 7) is -1.20. The molecule has 0 amide bonds. The zero-order valence-electron chi connectivity index (χ0n) is 20.5. The minimum absolute atomic E-state index is 0.198. The number of hydrogen-bond donors (Lipinski definition) is 9. The molecule has 3 rings (SSSR count). The van der Waals surface area contributed by atoms with E-state index in [1.54, 1.807) is 0 Å². The van der Waals surface area contributed by atoms with Crippen LogP contribution in [0.15, 0.2) is 48.6 Å². The van der Waals surface area contributed by atoms with Gasteiger partial charge in [0, 0.05) is 18.6 Å². The molecule has 1 aliphatic carbocycles. The van der Waals surface area contributed by atoms with E-state index in [1.807, 2.05) is 0 Å². The Morgan fingerprint density at radius 3 is 1.80 bits per heavy atom. The Balaban J connectivity index is 1.91. The Morgan fingerprint density at radius 1 is 0.850 bits per heavy atom. The minimum Gasteiger partial charge on any atom is -0.504 e. The molecule has 214 valence electrons. The third kappa shape index (κ3) is 6.16. The first-order valence-electron chi connectivity index (χ1n) is 11.5. The quantitative estimate of drug-likeness (QED) is 0.0857. The summed E-state index contributed by atoms with van der Waals surface area (Å²) in [5, 5.41) is 89.9. The molecule has 14 nitrogen and oxygen atoms in total. The van der Waals surface area contributed by atoms with Crippen LogP contribution < -0.4 is 0 Å². The lowest BCUT2D eigenvalue weighted by atomic mass is 9.69. The van der Waals surface area contributed by atoms with Crippen LogP contribution in [-0.2, 0) is 23.9 Å². The number of aliphatic hydroxyl groups excluding tert-OH is 2. The zero-order chi connectivity index (χ0) is 29.8. The van der Waals surface area contributed by atoms with E-state index in [2.05, 4.69) is 0 Å². The molecule has 1 aliphatic rings. The molecule has 9 N–H and O–H groups in total. The van der Waals surface area contributed by atoms with Crippen molar-refractivity contribution in [2.45, 2.75) is 30.0 Å². The molecule has 0 unspecified atom stereocenters. The Bertz CT molecular complexity index is 1350. The van der Waals surface area contributed by atoms with Gasteiger partial charge in [-0.3, -0.25) is 0 Å². The predicted molar refractivity (Wildman–Crippen MR) is 132 cm³/mol. The third-order valence-electron chi connectivity index (χ3n) is 6.27. The lowest BCUT2D eigenvalue weighted by Crippen LogP contribution is -2.71. The van der Waals surface area contributed by atoms with Crippen molar-refractivity contribution in [1.82, 2.24) is 0 Å². The lowest BCUT2D eigenvalue weighted by Gasteiger charge is -2.49. The van der Waals surface area contributed by atoms with Crippen molar-refractivity contribution < 1.29 is 69.8 Å². The number of phenols is 4. The molecule has 1 fully saturated rings. The molecule has 0 radical (unpaired) electrons. The van der Waals surface area contributed by atoms with Crippen molar-refractivity contribution in [2.75, 3.05) is 6.61 Å². The van der Waals surface area contributed by atoms with Crippen LogP contribution in [0.25, 0.3) is 12.2 Å².